The molecule has 0 aliphatic carbocycles. The Hall–Kier alpha value is -0.0900. The summed E-state index contributed by atoms with van der Waals surface area (Å²) < 4.78 is 27.2. The first kappa shape index (κ1) is 8.01. The molecule has 0 aromatic heterocycles. The van der Waals surface area contributed by atoms with Crippen LogP contribution >= 0.6 is 0 Å². The van der Waals surface area contributed by atoms with Gasteiger partial charge in [0.25, 0.3) is 0 Å². The number of sulfone groups is 1. The summed E-state index contributed by atoms with van der Waals surface area (Å²) >= 11 is 0. The highest BCUT2D eigenvalue weighted by molar-refractivity contribution is 7.91. The van der Waals surface area contributed by atoms with Crippen molar-refractivity contribution in [1.29, 1.82) is 0 Å². The predicted molar refractivity (Wildman–Crippen MR) is 38.4 cm³/mol. The zero-order valence-corrected chi connectivity index (χ0v) is 7.07. The largest absolute Gasteiger partial charge is 0.359 e. The van der Waals surface area contributed by atoms with Gasteiger partial charge in [-0.25, -0.2) is 8.42 Å². The van der Waals surface area contributed by atoms with E-state index in [1.165, 1.54) is 6.26 Å². The molecule has 0 saturated carbocycles. The third-order valence-electron chi connectivity index (χ3n) is 1.97. The Morgan fingerprint density at radius 1 is 1.50 bits per heavy atom. The summed E-state index contributed by atoms with van der Waals surface area (Å²) in [6, 6.07) is 0. The number of ether oxygens (including phenoxy) is 1. The van der Waals surface area contributed by atoms with Crippen molar-refractivity contribution in [2.24, 2.45) is 0 Å². The van der Waals surface area contributed by atoms with E-state index in [2.05, 4.69) is 0 Å². The van der Waals surface area contributed by atoms with Gasteiger partial charge in [-0.3, -0.25) is 0 Å². The van der Waals surface area contributed by atoms with Gasteiger partial charge in [0.2, 0.25) is 0 Å². The van der Waals surface area contributed by atoms with Crippen molar-refractivity contribution in [2.45, 2.75) is 24.7 Å². The fourth-order valence-electron chi connectivity index (χ4n) is 1.05. The molecule has 0 aromatic carbocycles. The Kier molecular flexibility index (Phi) is 1.76. The zero-order valence-electron chi connectivity index (χ0n) is 6.25. The SMILES string of the molecule is C[C@@]1(S(C)(=O)=O)CCCO1. The molecule has 1 rings (SSSR count). The minimum atomic E-state index is -3.02. The van der Waals surface area contributed by atoms with Crippen LogP contribution in [-0.2, 0) is 14.6 Å². The smallest absolute Gasteiger partial charge is 0.176 e. The molecule has 4 heteroatoms. The lowest BCUT2D eigenvalue weighted by atomic mass is 10.3. The molecule has 0 spiro atoms. The first-order chi connectivity index (χ1) is 4.46. The fourth-order valence-corrected chi connectivity index (χ4v) is 1.86. The summed E-state index contributed by atoms with van der Waals surface area (Å²) in [5.41, 5.74) is 0. The molecule has 1 atom stereocenters. The average Bonchev–Trinajstić information content (AvgIpc) is 2.13. The highest BCUT2D eigenvalue weighted by atomic mass is 32.2. The minimum absolute atomic E-state index is 0.573. The maximum absolute atomic E-state index is 11.0. The fraction of sp³-hybridized carbons (Fsp3) is 1.00. The van der Waals surface area contributed by atoms with Gasteiger partial charge >= 0.3 is 0 Å². The van der Waals surface area contributed by atoms with Crippen LogP contribution in [0.2, 0.25) is 0 Å². The van der Waals surface area contributed by atoms with E-state index in [4.69, 9.17) is 4.74 Å². The highest BCUT2D eigenvalue weighted by Gasteiger charge is 2.39. The molecule has 3 nitrogen and oxygen atoms in total. The molecule has 1 heterocycles. The molecule has 1 saturated heterocycles. The highest BCUT2D eigenvalue weighted by Crippen LogP contribution is 2.29. The molecule has 0 unspecified atom stereocenters. The Balaban J connectivity index is 2.88. The van der Waals surface area contributed by atoms with E-state index in [1.807, 2.05) is 0 Å². The number of rotatable bonds is 1. The van der Waals surface area contributed by atoms with E-state index in [0.29, 0.717) is 13.0 Å². The first-order valence-corrected chi connectivity index (χ1v) is 5.18. The molecule has 1 aliphatic heterocycles. The van der Waals surface area contributed by atoms with Crippen LogP contribution in [0.15, 0.2) is 0 Å². The molecule has 1 fully saturated rings. The maximum atomic E-state index is 11.0. The van der Waals surface area contributed by atoms with E-state index < -0.39 is 14.8 Å². The van der Waals surface area contributed by atoms with Crippen LogP contribution in [0, 0.1) is 0 Å². The Morgan fingerprint density at radius 3 is 2.30 bits per heavy atom. The summed E-state index contributed by atoms with van der Waals surface area (Å²) in [7, 11) is -3.02. The van der Waals surface area contributed by atoms with E-state index >= 15 is 0 Å². The molecule has 0 radical (unpaired) electrons. The summed E-state index contributed by atoms with van der Waals surface area (Å²) in [5, 5.41) is 0. The Labute approximate surface area is 61.3 Å². The molecule has 0 N–H and O–H groups in total. The topological polar surface area (TPSA) is 43.4 Å². The van der Waals surface area contributed by atoms with Gasteiger partial charge in [0.1, 0.15) is 0 Å². The Bertz CT molecular complexity index is 211. The van der Waals surface area contributed by atoms with Crippen molar-refractivity contribution in [1.82, 2.24) is 0 Å². The van der Waals surface area contributed by atoms with Crippen LogP contribution in [0.5, 0.6) is 0 Å². The molecule has 60 valence electrons. The predicted octanol–water partition coefficient (Wildman–Crippen LogP) is 0.558. The molecular formula is C6H12O3S. The van der Waals surface area contributed by atoms with E-state index in [-0.39, 0.29) is 0 Å². The van der Waals surface area contributed by atoms with Crippen molar-refractivity contribution in [2.75, 3.05) is 12.9 Å². The number of hydrogen-bond acceptors (Lipinski definition) is 3. The zero-order chi connectivity index (χ0) is 7.83. The molecular weight excluding hydrogens is 152 g/mol. The molecule has 10 heavy (non-hydrogen) atoms. The quantitative estimate of drug-likeness (QED) is 0.568. The summed E-state index contributed by atoms with van der Waals surface area (Å²) in [4.78, 5) is -0.896. The number of hydrogen-bond donors (Lipinski definition) is 0. The second kappa shape index (κ2) is 2.20. The first-order valence-electron chi connectivity index (χ1n) is 3.29. The van der Waals surface area contributed by atoms with Gasteiger partial charge < -0.3 is 4.74 Å². The monoisotopic (exact) mass is 164 g/mol. The molecule has 0 bridgehead atoms. The van der Waals surface area contributed by atoms with Gasteiger partial charge in [0.05, 0.1) is 0 Å². The van der Waals surface area contributed by atoms with Crippen LogP contribution in [-0.4, -0.2) is 26.2 Å². The van der Waals surface area contributed by atoms with Gasteiger partial charge in [-0.05, 0) is 19.8 Å². The summed E-state index contributed by atoms with van der Waals surface area (Å²) in [6.45, 7) is 2.21. The maximum Gasteiger partial charge on any atom is 0.176 e. The lowest BCUT2D eigenvalue weighted by molar-refractivity contribution is 0.0882. The van der Waals surface area contributed by atoms with E-state index in [9.17, 15) is 8.42 Å². The second-order valence-corrected chi connectivity index (χ2v) is 5.27. The molecule has 0 aromatic rings. The average molecular weight is 164 g/mol. The second-order valence-electron chi connectivity index (χ2n) is 2.86. The van der Waals surface area contributed by atoms with Gasteiger partial charge in [0.15, 0.2) is 14.8 Å². The van der Waals surface area contributed by atoms with Crippen molar-refractivity contribution in [3.8, 4) is 0 Å². The van der Waals surface area contributed by atoms with E-state index in [1.54, 1.807) is 6.92 Å². The summed E-state index contributed by atoms with van der Waals surface area (Å²) in [5.74, 6) is 0. The van der Waals surface area contributed by atoms with Crippen LogP contribution < -0.4 is 0 Å². The molecule has 1 aliphatic rings. The molecule has 0 amide bonds. The van der Waals surface area contributed by atoms with Crippen LogP contribution in [0.3, 0.4) is 0 Å². The van der Waals surface area contributed by atoms with Crippen molar-refractivity contribution in [3.63, 3.8) is 0 Å². The summed E-state index contributed by atoms with van der Waals surface area (Å²) in [6.07, 6.45) is 2.70. The lowest BCUT2D eigenvalue weighted by Gasteiger charge is -2.19. The Morgan fingerprint density at radius 2 is 2.10 bits per heavy atom. The van der Waals surface area contributed by atoms with Gasteiger partial charge in [-0.2, -0.15) is 0 Å². The van der Waals surface area contributed by atoms with Crippen molar-refractivity contribution < 1.29 is 13.2 Å². The van der Waals surface area contributed by atoms with Gasteiger partial charge in [-0.15, -0.1) is 0 Å². The van der Waals surface area contributed by atoms with Gasteiger partial charge in [0, 0.05) is 12.9 Å². The normalized spacial score (nSPS) is 34.6. The lowest BCUT2D eigenvalue weighted by Crippen LogP contribution is -2.33. The third kappa shape index (κ3) is 1.18. The standard InChI is InChI=1S/C6H12O3S/c1-6(10(2,7)8)4-3-5-9-6/h3-5H2,1-2H3/t6-/m1/s1. The van der Waals surface area contributed by atoms with Crippen LogP contribution in [0.25, 0.3) is 0 Å². The van der Waals surface area contributed by atoms with Crippen molar-refractivity contribution in [3.05, 3.63) is 0 Å². The van der Waals surface area contributed by atoms with Gasteiger partial charge in [-0.1, -0.05) is 0 Å². The van der Waals surface area contributed by atoms with Crippen LogP contribution in [0.1, 0.15) is 19.8 Å². The minimum Gasteiger partial charge on any atom is -0.359 e. The van der Waals surface area contributed by atoms with Crippen molar-refractivity contribution >= 4 is 9.84 Å². The van der Waals surface area contributed by atoms with Crippen LogP contribution in [0.4, 0.5) is 0 Å². The third-order valence-corrected chi connectivity index (χ3v) is 3.86. The van der Waals surface area contributed by atoms with E-state index in [0.717, 1.165) is 6.42 Å².